The molecule has 0 bridgehead atoms. The molecule has 4 amide bonds. The maximum absolute atomic E-state index is 13.4. The number of ether oxygens (including phenoxy) is 3. The molecule has 3 N–H and O–H groups in total. The van der Waals surface area contributed by atoms with Crippen molar-refractivity contribution in [2.45, 2.75) is 19.3 Å². The number of amides is 4. The van der Waals surface area contributed by atoms with Gasteiger partial charge in [0.05, 0.1) is 39.6 Å². The van der Waals surface area contributed by atoms with Crippen molar-refractivity contribution in [1.29, 1.82) is 0 Å². The number of quaternary nitrogens is 1. The average Bonchev–Trinajstić information content (AvgIpc) is 2.94. The van der Waals surface area contributed by atoms with Crippen molar-refractivity contribution in [1.82, 2.24) is 14.7 Å². The molecule has 11 heteroatoms. The topological polar surface area (TPSA) is 133 Å². The summed E-state index contributed by atoms with van der Waals surface area (Å²) in [6.45, 7) is 5.01. The smallest absolute Gasteiger partial charge is 0.261 e. The van der Waals surface area contributed by atoms with Crippen molar-refractivity contribution in [3.63, 3.8) is 0 Å². The molecule has 2 aromatic carbocycles. The third kappa shape index (κ3) is 6.39. The van der Waals surface area contributed by atoms with Gasteiger partial charge in [0.15, 0.2) is 0 Å². The standard InChI is InChI=1S/C29H38N4O7/c1-31(2)11-4-12-32-26(34)20-6-8-22-25-23(9-7-21(24(20)25)27(32)35)29(37)33(28(22)36)13-5-15-39-17-19-40-18-16-38-14-3-10-30/h6-9H,3-5,10-19,30H2,1-2H3/p+1. The summed E-state index contributed by atoms with van der Waals surface area (Å²) in [6, 6.07) is 6.38. The Hall–Kier alpha value is -3.22. The highest BCUT2D eigenvalue weighted by atomic mass is 16.5. The first kappa shape index (κ1) is 29.8. The third-order valence-electron chi connectivity index (χ3n) is 7.00. The van der Waals surface area contributed by atoms with Gasteiger partial charge in [-0.15, -0.1) is 0 Å². The molecule has 0 spiro atoms. The van der Waals surface area contributed by atoms with Crippen molar-refractivity contribution in [2.24, 2.45) is 0 Å². The Kier molecular flexibility index (Phi) is 10.3. The Morgan fingerprint density at radius 3 is 1.38 bits per heavy atom. The Labute approximate surface area is 234 Å². The second kappa shape index (κ2) is 13.9. The van der Waals surface area contributed by atoms with Crippen LogP contribution in [-0.4, -0.2) is 118 Å². The monoisotopic (exact) mass is 555 g/mol. The van der Waals surface area contributed by atoms with E-state index in [1.54, 1.807) is 24.3 Å². The second-order valence-electron chi connectivity index (χ2n) is 10.1. The molecule has 0 aliphatic carbocycles. The molecule has 0 aromatic heterocycles. The highest BCUT2D eigenvalue weighted by Crippen LogP contribution is 2.37. The predicted molar refractivity (Wildman–Crippen MR) is 147 cm³/mol. The van der Waals surface area contributed by atoms with Crippen LogP contribution in [0.4, 0.5) is 0 Å². The summed E-state index contributed by atoms with van der Waals surface area (Å²) in [5.41, 5.74) is 5.09. The van der Waals surface area contributed by atoms with Crippen molar-refractivity contribution < 1.29 is 39.1 Å². The van der Waals surface area contributed by atoms with Crippen LogP contribution in [0.15, 0.2) is 24.3 Å². The van der Waals surface area contributed by atoms with Crippen LogP contribution in [0.1, 0.15) is 60.7 Å². The first-order valence-electron chi connectivity index (χ1n) is 13.9. The Balaban J connectivity index is 1.35. The zero-order valence-corrected chi connectivity index (χ0v) is 23.4. The summed E-state index contributed by atoms with van der Waals surface area (Å²) in [6.07, 6.45) is 2.05. The van der Waals surface area contributed by atoms with E-state index in [1.807, 2.05) is 19.0 Å². The number of nitrogens with zero attached hydrogens (tertiary/aromatic N) is 3. The molecule has 2 aliphatic rings. The molecule has 2 aliphatic heterocycles. The van der Waals surface area contributed by atoms with Crippen LogP contribution in [0.5, 0.6) is 0 Å². The van der Waals surface area contributed by atoms with E-state index in [0.29, 0.717) is 92.1 Å². The van der Waals surface area contributed by atoms with Crippen molar-refractivity contribution in [3.8, 4) is 0 Å². The lowest BCUT2D eigenvalue weighted by atomic mass is 9.86. The van der Waals surface area contributed by atoms with Gasteiger partial charge in [0.2, 0.25) is 0 Å². The molecule has 0 atom stereocenters. The van der Waals surface area contributed by atoms with E-state index in [9.17, 15) is 19.2 Å². The molecule has 0 saturated carbocycles. The van der Waals surface area contributed by atoms with Crippen LogP contribution < -0.4 is 5.73 Å². The zero-order valence-electron chi connectivity index (χ0n) is 23.4. The third-order valence-corrected chi connectivity index (χ3v) is 7.00. The number of hydrogen-bond acceptors (Lipinski definition) is 8. The molecule has 0 radical (unpaired) electrons. The highest BCUT2D eigenvalue weighted by molar-refractivity contribution is 6.33. The summed E-state index contributed by atoms with van der Waals surface area (Å²) in [5, 5.41) is 0.783. The van der Waals surface area contributed by atoms with Gasteiger partial charge in [0.1, 0.15) is 0 Å². The van der Waals surface area contributed by atoms with E-state index in [-0.39, 0.29) is 6.54 Å². The first-order valence-corrected chi connectivity index (χ1v) is 13.9. The van der Waals surface area contributed by atoms with E-state index >= 15 is 0 Å². The minimum Gasteiger partial charge on any atom is -0.379 e. The predicted octanol–water partition coefficient (Wildman–Crippen LogP) is 1.06. The molecular weight excluding hydrogens is 516 g/mol. The van der Waals surface area contributed by atoms with Gasteiger partial charge in [-0.25, -0.2) is 0 Å². The molecule has 0 saturated heterocycles. The first-order chi connectivity index (χ1) is 19.4. The molecular formula is C29H39N4O7+. The SMILES string of the molecule is CN(C)CCCN1C(=O)c2ccc3c4c(ccc(c24)C1=O)C(=O)N(CCCOCCOCCOCCC[NH3+])C3=O. The Morgan fingerprint density at radius 1 is 0.600 bits per heavy atom. The van der Waals surface area contributed by atoms with E-state index in [0.717, 1.165) is 19.5 Å². The molecule has 11 nitrogen and oxygen atoms in total. The number of carbonyl (C=O) groups is 4. The molecule has 0 fully saturated rings. The second-order valence-corrected chi connectivity index (χ2v) is 10.1. The van der Waals surface area contributed by atoms with E-state index in [4.69, 9.17) is 14.2 Å². The maximum Gasteiger partial charge on any atom is 0.261 e. The van der Waals surface area contributed by atoms with Crippen molar-refractivity contribution in [3.05, 3.63) is 46.5 Å². The van der Waals surface area contributed by atoms with Crippen molar-refractivity contribution >= 4 is 34.4 Å². The van der Waals surface area contributed by atoms with Crippen LogP contribution in [0.2, 0.25) is 0 Å². The minimum absolute atomic E-state index is 0.195. The molecule has 2 heterocycles. The summed E-state index contributed by atoms with van der Waals surface area (Å²) in [4.78, 5) is 57.7. The van der Waals surface area contributed by atoms with Gasteiger partial charge < -0.3 is 24.8 Å². The molecule has 40 heavy (non-hydrogen) atoms. The number of carbonyl (C=O) groups excluding carboxylic acids is 4. The fourth-order valence-corrected chi connectivity index (χ4v) is 5.00. The largest absolute Gasteiger partial charge is 0.379 e. The number of benzene rings is 2. The van der Waals surface area contributed by atoms with Crippen LogP contribution in [0.3, 0.4) is 0 Å². The minimum atomic E-state index is -0.434. The number of hydrogen-bond donors (Lipinski definition) is 1. The Bertz CT molecular complexity index is 1190. The van der Waals surface area contributed by atoms with Crippen LogP contribution >= 0.6 is 0 Å². The summed E-state index contributed by atoms with van der Waals surface area (Å²) >= 11 is 0. The fourth-order valence-electron chi connectivity index (χ4n) is 5.00. The van der Waals surface area contributed by atoms with Gasteiger partial charge in [-0.05, 0) is 57.7 Å². The van der Waals surface area contributed by atoms with Gasteiger partial charge in [0.25, 0.3) is 23.6 Å². The fraction of sp³-hybridized carbons (Fsp3) is 0.517. The van der Waals surface area contributed by atoms with Crippen LogP contribution in [-0.2, 0) is 14.2 Å². The maximum atomic E-state index is 13.4. The van der Waals surface area contributed by atoms with Gasteiger partial charge in [0, 0.05) is 59.1 Å². The van der Waals surface area contributed by atoms with Crippen LogP contribution in [0, 0.1) is 0 Å². The van der Waals surface area contributed by atoms with Crippen molar-refractivity contribution in [2.75, 3.05) is 79.9 Å². The number of imide groups is 2. The Morgan fingerprint density at radius 2 is 0.975 bits per heavy atom. The average molecular weight is 556 g/mol. The lowest BCUT2D eigenvalue weighted by Gasteiger charge is -2.32. The summed E-state index contributed by atoms with van der Waals surface area (Å²) in [7, 11) is 3.87. The number of rotatable bonds is 17. The summed E-state index contributed by atoms with van der Waals surface area (Å²) in [5.74, 6) is -1.66. The van der Waals surface area contributed by atoms with Crippen LogP contribution in [0.25, 0.3) is 10.8 Å². The normalized spacial score (nSPS) is 14.8. The van der Waals surface area contributed by atoms with Gasteiger partial charge >= 0.3 is 0 Å². The van der Waals surface area contributed by atoms with Gasteiger partial charge in [-0.2, -0.15) is 0 Å². The van der Waals surface area contributed by atoms with Gasteiger partial charge in [-0.3, -0.25) is 29.0 Å². The lowest BCUT2D eigenvalue weighted by Crippen LogP contribution is -2.50. The van der Waals surface area contributed by atoms with E-state index in [1.165, 1.54) is 9.80 Å². The molecule has 2 aromatic rings. The van der Waals surface area contributed by atoms with E-state index < -0.39 is 23.6 Å². The highest BCUT2D eigenvalue weighted by Gasteiger charge is 2.39. The summed E-state index contributed by atoms with van der Waals surface area (Å²) < 4.78 is 16.5. The van der Waals surface area contributed by atoms with Gasteiger partial charge in [-0.1, -0.05) is 0 Å². The molecule has 216 valence electrons. The zero-order chi connectivity index (χ0) is 28.6. The van der Waals surface area contributed by atoms with E-state index in [2.05, 4.69) is 5.73 Å². The molecule has 4 rings (SSSR count). The quantitative estimate of drug-likeness (QED) is 0.226. The lowest BCUT2D eigenvalue weighted by molar-refractivity contribution is -0.369. The molecule has 0 unspecified atom stereocenters.